The summed E-state index contributed by atoms with van der Waals surface area (Å²) >= 11 is 0. The number of nitrogens with zero attached hydrogens (tertiary/aromatic N) is 2. The molecule has 0 unspecified atom stereocenters. The fraction of sp³-hybridized carbons (Fsp3) is 0.167. The molecular weight excluding hydrogens is 306 g/mol. The fourth-order valence-electron chi connectivity index (χ4n) is 2.54. The van der Waals surface area contributed by atoms with E-state index in [4.69, 9.17) is 4.74 Å². The summed E-state index contributed by atoms with van der Waals surface area (Å²) in [5.41, 5.74) is 0.906. The first-order valence-electron chi connectivity index (χ1n) is 7.58. The maximum absolute atomic E-state index is 12.6. The van der Waals surface area contributed by atoms with Gasteiger partial charge in [0.1, 0.15) is 17.0 Å². The van der Waals surface area contributed by atoms with Crippen LogP contribution in [0.25, 0.3) is 11.0 Å². The number of anilines is 1. The van der Waals surface area contributed by atoms with Gasteiger partial charge in [0.15, 0.2) is 0 Å². The molecule has 2 aromatic heterocycles. The number of benzene rings is 1. The van der Waals surface area contributed by atoms with E-state index >= 15 is 0 Å². The van der Waals surface area contributed by atoms with Gasteiger partial charge >= 0.3 is 0 Å². The maximum atomic E-state index is 12.6. The third-order valence-electron chi connectivity index (χ3n) is 3.76. The molecule has 24 heavy (non-hydrogen) atoms. The van der Waals surface area contributed by atoms with Gasteiger partial charge in [0.2, 0.25) is 0 Å². The van der Waals surface area contributed by atoms with Crippen LogP contribution in [0, 0.1) is 0 Å². The van der Waals surface area contributed by atoms with Crippen molar-refractivity contribution in [3.05, 3.63) is 64.6 Å². The maximum Gasteiger partial charge on any atom is 0.265 e. The third kappa shape index (κ3) is 2.86. The number of aryl methyl sites for hydroxylation is 1. The molecule has 1 N–H and O–H groups in total. The number of nitrogens with one attached hydrogen (secondary N) is 1. The van der Waals surface area contributed by atoms with Crippen LogP contribution in [0.2, 0.25) is 0 Å². The number of carbonyl (C=O) groups is 1. The Hall–Kier alpha value is -3.15. The average molecular weight is 323 g/mol. The Morgan fingerprint density at radius 2 is 2.00 bits per heavy atom. The van der Waals surface area contributed by atoms with Gasteiger partial charge in [-0.1, -0.05) is 0 Å². The molecular formula is C18H17N3O3. The van der Waals surface area contributed by atoms with Gasteiger partial charge in [-0.05, 0) is 49.4 Å². The molecule has 0 saturated heterocycles. The molecule has 2 heterocycles. The highest BCUT2D eigenvalue weighted by atomic mass is 16.5. The molecule has 6 nitrogen and oxygen atoms in total. The first-order chi connectivity index (χ1) is 11.6. The quantitative estimate of drug-likeness (QED) is 0.801. The van der Waals surface area contributed by atoms with Crippen LogP contribution in [0.4, 0.5) is 5.69 Å². The van der Waals surface area contributed by atoms with Crippen LogP contribution in [0.5, 0.6) is 5.75 Å². The second-order valence-corrected chi connectivity index (χ2v) is 5.21. The summed E-state index contributed by atoms with van der Waals surface area (Å²) in [5, 5.41) is 3.49. The van der Waals surface area contributed by atoms with Crippen molar-refractivity contribution in [3.63, 3.8) is 0 Å². The van der Waals surface area contributed by atoms with E-state index in [0.717, 1.165) is 5.39 Å². The van der Waals surface area contributed by atoms with Crippen LogP contribution < -0.4 is 15.6 Å². The Morgan fingerprint density at radius 3 is 2.67 bits per heavy atom. The normalized spacial score (nSPS) is 10.6. The van der Waals surface area contributed by atoms with Crippen molar-refractivity contribution in [1.82, 2.24) is 9.55 Å². The zero-order chi connectivity index (χ0) is 17.1. The summed E-state index contributed by atoms with van der Waals surface area (Å²) in [4.78, 5) is 29.3. The lowest BCUT2D eigenvalue weighted by Gasteiger charge is -2.10. The molecule has 0 bridgehead atoms. The van der Waals surface area contributed by atoms with Crippen molar-refractivity contribution in [2.24, 2.45) is 0 Å². The molecule has 6 heteroatoms. The first-order valence-corrected chi connectivity index (χ1v) is 7.58. The third-order valence-corrected chi connectivity index (χ3v) is 3.76. The SMILES string of the molecule is CCn1c(=O)c(C(=O)Nc2ccc(OC)cc2)cc2cccnc21. The van der Waals surface area contributed by atoms with Crippen molar-refractivity contribution in [1.29, 1.82) is 0 Å². The number of ether oxygens (including phenoxy) is 1. The van der Waals surface area contributed by atoms with E-state index in [1.54, 1.807) is 49.7 Å². The molecule has 0 aliphatic heterocycles. The van der Waals surface area contributed by atoms with Gasteiger partial charge in [-0.2, -0.15) is 0 Å². The Morgan fingerprint density at radius 1 is 1.25 bits per heavy atom. The standard InChI is InChI=1S/C18H17N3O3/c1-3-21-16-12(5-4-10-19-16)11-15(18(21)23)17(22)20-13-6-8-14(24-2)9-7-13/h4-11H,3H2,1-2H3,(H,20,22). The van der Waals surface area contributed by atoms with E-state index in [2.05, 4.69) is 10.3 Å². The summed E-state index contributed by atoms with van der Waals surface area (Å²) in [6.07, 6.45) is 1.63. The van der Waals surface area contributed by atoms with Gasteiger partial charge in [-0.25, -0.2) is 4.98 Å². The highest BCUT2D eigenvalue weighted by Crippen LogP contribution is 2.16. The van der Waals surface area contributed by atoms with E-state index in [1.807, 2.05) is 13.0 Å². The minimum absolute atomic E-state index is 0.0909. The second kappa shape index (κ2) is 6.54. The van der Waals surface area contributed by atoms with E-state index in [0.29, 0.717) is 23.6 Å². The summed E-state index contributed by atoms with van der Waals surface area (Å²) in [6.45, 7) is 2.29. The predicted octanol–water partition coefficient (Wildman–Crippen LogP) is 2.68. The summed E-state index contributed by atoms with van der Waals surface area (Å²) in [5.74, 6) is 0.247. The molecule has 0 radical (unpaired) electrons. The zero-order valence-corrected chi connectivity index (χ0v) is 13.4. The molecule has 0 fully saturated rings. The van der Waals surface area contributed by atoms with Gasteiger partial charge in [-0.15, -0.1) is 0 Å². The first kappa shape index (κ1) is 15.7. The molecule has 1 aromatic carbocycles. The average Bonchev–Trinajstić information content (AvgIpc) is 2.61. The minimum Gasteiger partial charge on any atom is -0.497 e. The lowest BCUT2D eigenvalue weighted by atomic mass is 10.2. The van der Waals surface area contributed by atoms with E-state index in [1.165, 1.54) is 4.57 Å². The Balaban J connectivity index is 2.00. The molecule has 0 atom stereocenters. The highest BCUT2D eigenvalue weighted by molar-refractivity contribution is 6.05. The van der Waals surface area contributed by atoms with Crippen molar-refractivity contribution >= 4 is 22.6 Å². The Kier molecular flexibility index (Phi) is 4.29. The molecule has 122 valence electrons. The summed E-state index contributed by atoms with van der Waals surface area (Å²) in [6, 6.07) is 12.1. The number of hydrogen-bond acceptors (Lipinski definition) is 4. The summed E-state index contributed by atoms with van der Waals surface area (Å²) in [7, 11) is 1.57. The number of hydrogen-bond donors (Lipinski definition) is 1. The van der Waals surface area contributed by atoms with Crippen LogP contribution in [0.1, 0.15) is 17.3 Å². The van der Waals surface area contributed by atoms with Gasteiger partial charge in [-0.3, -0.25) is 14.2 Å². The second-order valence-electron chi connectivity index (χ2n) is 5.21. The molecule has 3 aromatic rings. The van der Waals surface area contributed by atoms with Crippen LogP contribution in [-0.4, -0.2) is 22.6 Å². The van der Waals surface area contributed by atoms with Crippen LogP contribution in [0.15, 0.2) is 53.5 Å². The predicted molar refractivity (Wildman–Crippen MR) is 92.6 cm³/mol. The molecule has 1 amide bonds. The number of amides is 1. The van der Waals surface area contributed by atoms with Crippen LogP contribution in [0.3, 0.4) is 0 Å². The van der Waals surface area contributed by atoms with E-state index in [-0.39, 0.29) is 11.1 Å². The molecule has 3 rings (SSSR count). The largest absolute Gasteiger partial charge is 0.497 e. The monoisotopic (exact) mass is 323 g/mol. The molecule has 0 aliphatic carbocycles. The number of fused-ring (bicyclic) bond motifs is 1. The van der Waals surface area contributed by atoms with Crippen LogP contribution in [-0.2, 0) is 6.54 Å². The van der Waals surface area contributed by atoms with Crippen molar-refractivity contribution < 1.29 is 9.53 Å². The Bertz CT molecular complexity index is 946. The molecule has 0 saturated carbocycles. The molecule has 0 aliphatic rings. The van der Waals surface area contributed by atoms with Gasteiger partial charge in [0.25, 0.3) is 11.5 Å². The van der Waals surface area contributed by atoms with Crippen molar-refractivity contribution in [2.45, 2.75) is 13.5 Å². The lowest BCUT2D eigenvalue weighted by molar-refractivity contribution is 0.102. The van der Waals surface area contributed by atoms with Crippen LogP contribution >= 0.6 is 0 Å². The minimum atomic E-state index is -0.446. The van der Waals surface area contributed by atoms with E-state index in [9.17, 15) is 9.59 Å². The fourth-order valence-corrected chi connectivity index (χ4v) is 2.54. The highest BCUT2D eigenvalue weighted by Gasteiger charge is 2.15. The number of pyridine rings is 2. The zero-order valence-electron chi connectivity index (χ0n) is 13.4. The van der Waals surface area contributed by atoms with Crippen molar-refractivity contribution in [2.75, 3.05) is 12.4 Å². The smallest absolute Gasteiger partial charge is 0.265 e. The topological polar surface area (TPSA) is 73.2 Å². The van der Waals surface area contributed by atoms with E-state index < -0.39 is 5.91 Å². The molecule has 0 spiro atoms. The van der Waals surface area contributed by atoms with Gasteiger partial charge in [0.05, 0.1) is 7.11 Å². The van der Waals surface area contributed by atoms with Gasteiger partial charge < -0.3 is 10.1 Å². The van der Waals surface area contributed by atoms with Crippen molar-refractivity contribution in [3.8, 4) is 5.75 Å². The Labute approximate surface area is 138 Å². The van der Waals surface area contributed by atoms with Gasteiger partial charge in [0, 0.05) is 23.8 Å². The summed E-state index contributed by atoms with van der Waals surface area (Å²) < 4.78 is 6.58. The number of carbonyl (C=O) groups excluding carboxylic acids is 1. The number of aromatic nitrogens is 2. The lowest BCUT2D eigenvalue weighted by Crippen LogP contribution is -2.29. The number of rotatable bonds is 4. The number of methoxy groups -OCH3 is 1.